The summed E-state index contributed by atoms with van der Waals surface area (Å²) in [5, 5.41) is 10.9. The van der Waals surface area contributed by atoms with E-state index in [1.165, 1.54) is 173 Å². The fraction of sp³-hybridized carbons (Fsp3) is 0.894. The number of anilines is 1. The van der Waals surface area contributed by atoms with Crippen LogP contribution >= 0.6 is 19.6 Å². The van der Waals surface area contributed by atoms with E-state index in [-0.39, 0.29) is 24.8 Å². The quantitative estimate of drug-likeness (QED) is 0.0320. The van der Waals surface area contributed by atoms with E-state index in [4.69, 9.17) is 29.0 Å². The highest BCUT2D eigenvalue weighted by molar-refractivity contribution is 7.99. The molecule has 1 fully saturated rings. The van der Waals surface area contributed by atoms with Crippen molar-refractivity contribution < 1.29 is 42.6 Å². The van der Waals surface area contributed by atoms with E-state index in [0.717, 1.165) is 42.4 Å². The first-order valence-electron chi connectivity index (χ1n) is 24.7. The first kappa shape index (κ1) is 56.6. The first-order valence-corrected chi connectivity index (χ1v) is 27.4. The van der Waals surface area contributed by atoms with Gasteiger partial charge < -0.3 is 29.9 Å². The SMILES string of the molecule is CCCCCCCCCCCCCCCCCCSCC(COP(=O)(O)OC[C@H]1OC(n2ccc(N)nc2=O)[C@H](OC)[C@@H]1O)OC(=O)CCCCCCCCCCCCCCC. The molecule has 0 amide bonds. The number of aliphatic hydroxyl groups is 1. The summed E-state index contributed by atoms with van der Waals surface area (Å²) in [4.78, 5) is 39.6. The number of ether oxygens (including phenoxy) is 3. The van der Waals surface area contributed by atoms with Crippen LogP contribution in [0.4, 0.5) is 5.82 Å². The Bertz CT molecular complexity index is 1360. The lowest BCUT2D eigenvalue weighted by Crippen LogP contribution is -2.37. The van der Waals surface area contributed by atoms with Gasteiger partial charge in [-0.1, -0.05) is 187 Å². The number of rotatable bonds is 42. The minimum Gasteiger partial charge on any atom is -0.459 e. The van der Waals surface area contributed by atoms with Gasteiger partial charge in [0.15, 0.2) is 6.23 Å². The number of methoxy groups -OCH3 is 1. The second kappa shape index (κ2) is 36.7. The van der Waals surface area contributed by atoms with Crippen molar-refractivity contribution in [2.45, 2.75) is 237 Å². The number of thioether (sulfide) groups is 1. The zero-order valence-corrected chi connectivity index (χ0v) is 40.8. The third-order valence-corrected chi connectivity index (χ3v) is 13.9. The van der Waals surface area contributed by atoms with Gasteiger partial charge in [0.05, 0.1) is 13.2 Å². The van der Waals surface area contributed by atoms with E-state index in [1.54, 1.807) is 11.8 Å². The van der Waals surface area contributed by atoms with Crippen LogP contribution in [0.5, 0.6) is 0 Å². The van der Waals surface area contributed by atoms with Gasteiger partial charge in [-0.2, -0.15) is 16.7 Å². The first-order chi connectivity index (χ1) is 30.1. The Kier molecular flexibility index (Phi) is 33.5. The molecule has 362 valence electrons. The predicted molar refractivity (Wildman–Crippen MR) is 252 cm³/mol. The summed E-state index contributed by atoms with van der Waals surface area (Å²) in [6.45, 7) is 3.66. The van der Waals surface area contributed by atoms with Crippen molar-refractivity contribution >= 4 is 31.4 Å². The number of aliphatic hydroxyl groups excluding tert-OH is 1. The fourth-order valence-corrected chi connectivity index (χ4v) is 9.72. The van der Waals surface area contributed by atoms with E-state index in [0.29, 0.717) is 5.75 Å². The van der Waals surface area contributed by atoms with Crippen LogP contribution in [-0.4, -0.2) is 81.8 Å². The van der Waals surface area contributed by atoms with Crippen molar-refractivity contribution in [3.63, 3.8) is 0 Å². The Morgan fingerprint density at radius 1 is 0.790 bits per heavy atom. The van der Waals surface area contributed by atoms with Crippen molar-refractivity contribution in [1.82, 2.24) is 9.55 Å². The number of aromatic nitrogens is 2. The molecule has 0 aliphatic carbocycles. The van der Waals surface area contributed by atoms with Gasteiger partial charge in [-0.25, -0.2) is 9.36 Å². The molecule has 13 nitrogen and oxygen atoms in total. The smallest absolute Gasteiger partial charge is 0.459 e. The molecule has 1 aromatic rings. The topological polar surface area (TPSA) is 182 Å². The number of nitrogens with zero attached hydrogens (tertiary/aromatic N) is 2. The highest BCUT2D eigenvalue weighted by Crippen LogP contribution is 2.45. The Morgan fingerprint density at radius 3 is 1.73 bits per heavy atom. The molecular formula is C47H88N3O10PS. The molecule has 2 rings (SSSR count). The van der Waals surface area contributed by atoms with Crippen LogP contribution in [0.25, 0.3) is 0 Å². The van der Waals surface area contributed by atoms with E-state index < -0.39 is 50.8 Å². The van der Waals surface area contributed by atoms with Gasteiger partial charge in [0.1, 0.15) is 30.2 Å². The summed E-state index contributed by atoms with van der Waals surface area (Å²) in [5.74, 6) is 1.00. The molecule has 0 radical (unpaired) electrons. The second-order valence-electron chi connectivity index (χ2n) is 17.3. The molecule has 0 spiro atoms. The van der Waals surface area contributed by atoms with E-state index in [2.05, 4.69) is 18.8 Å². The molecule has 2 heterocycles. The number of hydrogen-bond acceptors (Lipinski definition) is 12. The monoisotopic (exact) mass is 918 g/mol. The summed E-state index contributed by atoms with van der Waals surface area (Å²) in [6.07, 6.45) is 33.3. The van der Waals surface area contributed by atoms with Crippen LogP contribution in [0.15, 0.2) is 17.1 Å². The van der Waals surface area contributed by atoms with Gasteiger partial charge in [0.25, 0.3) is 0 Å². The minimum absolute atomic E-state index is 0.0270. The Labute approximate surface area is 379 Å². The number of esters is 1. The fourth-order valence-electron chi connectivity index (χ4n) is 7.95. The molecule has 1 aliphatic rings. The zero-order chi connectivity index (χ0) is 45.1. The average molecular weight is 918 g/mol. The minimum atomic E-state index is -4.66. The van der Waals surface area contributed by atoms with Crippen LogP contribution in [0.3, 0.4) is 0 Å². The number of nitrogens with two attached hydrogens (primary N) is 1. The molecule has 1 aliphatic heterocycles. The van der Waals surface area contributed by atoms with Crippen molar-refractivity contribution in [2.24, 2.45) is 0 Å². The van der Waals surface area contributed by atoms with E-state index >= 15 is 0 Å². The molecule has 0 bridgehead atoms. The molecule has 6 atom stereocenters. The van der Waals surface area contributed by atoms with E-state index in [9.17, 15) is 24.2 Å². The van der Waals surface area contributed by atoms with Gasteiger partial charge in [0.2, 0.25) is 0 Å². The lowest BCUT2D eigenvalue weighted by atomic mass is 10.0. The number of carbonyl (C=O) groups is 1. The number of nitrogen functional groups attached to an aromatic ring is 1. The second-order valence-corrected chi connectivity index (χ2v) is 19.9. The van der Waals surface area contributed by atoms with E-state index in [1.807, 2.05) is 0 Å². The van der Waals surface area contributed by atoms with Crippen molar-refractivity contribution in [2.75, 3.05) is 37.6 Å². The average Bonchev–Trinajstić information content (AvgIpc) is 3.57. The molecule has 1 aromatic heterocycles. The van der Waals surface area contributed by atoms with Gasteiger partial charge in [-0.15, -0.1) is 0 Å². The largest absolute Gasteiger partial charge is 0.472 e. The maximum absolute atomic E-state index is 13.0. The lowest BCUT2D eigenvalue weighted by molar-refractivity contribution is -0.149. The molecule has 3 unspecified atom stereocenters. The Morgan fingerprint density at radius 2 is 1.26 bits per heavy atom. The summed E-state index contributed by atoms with van der Waals surface area (Å²) in [5.41, 5.74) is 4.90. The van der Waals surface area contributed by atoms with Crippen molar-refractivity contribution in [3.8, 4) is 0 Å². The molecular weight excluding hydrogens is 830 g/mol. The van der Waals surface area contributed by atoms with Crippen molar-refractivity contribution in [3.05, 3.63) is 22.7 Å². The normalized spacial score (nSPS) is 19.2. The highest BCUT2D eigenvalue weighted by atomic mass is 32.2. The standard InChI is InChI=1S/C47H88N3O10PS/c1-4-6-8-10-12-14-16-18-19-20-22-24-26-28-30-32-36-62-39-40(59-43(51)33-31-29-27-25-23-21-17-15-13-11-9-7-5-2)37-57-61(54,55)58-38-41-44(52)45(56-3)46(60-41)50-35-34-42(48)49-47(50)53/h34-35,40-41,44-46,52H,4-33,36-39H2,1-3H3,(H,54,55)(H2,48,49,53)/t40?,41-,44-,45-,46?/m1/s1. The van der Waals surface area contributed by atoms with Crippen LogP contribution < -0.4 is 11.4 Å². The van der Waals surface area contributed by atoms with Crippen LogP contribution in [0.1, 0.15) is 213 Å². The zero-order valence-electron chi connectivity index (χ0n) is 39.1. The summed E-state index contributed by atoms with van der Waals surface area (Å²) >= 11 is 1.65. The summed E-state index contributed by atoms with van der Waals surface area (Å²) < 4.78 is 41.7. The summed E-state index contributed by atoms with van der Waals surface area (Å²) in [6, 6.07) is 1.41. The molecule has 0 saturated carbocycles. The van der Waals surface area contributed by atoms with Gasteiger partial charge in [-0.05, 0) is 24.7 Å². The number of hydrogen-bond donors (Lipinski definition) is 3. The molecule has 4 N–H and O–H groups in total. The summed E-state index contributed by atoms with van der Waals surface area (Å²) in [7, 11) is -3.32. The number of phosphoric acid groups is 1. The predicted octanol–water partition coefficient (Wildman–Crippen LogP) is 11.6. The van der Waals surface area contributed by atoms with Crippen molar-refractivity contribution in [1.29, 1.82) is 0 Å². The lowest BCUT2D eigenvalue weighted by Gasteiger charge is -2.21. The maximum atomic E-state index is 13.0. The van der Waals surface area contributed by atoms with Gasteiger partial charge in [-0.3, -0.25) is 18.4 Å². The number of carbonyl (C=O) groups excluding carboxylic acids is 1. The Balaban J connectivity index is 1.73. The van der Waals surface area contributed by atoms with Crippen LogP contribution in [-0.2, 0) is 32.6 Å². The highest BCUT2D eigenvalue weighted by Gasteiger charge is 2.46. The molecule has 1 saturated heterocycles. The number of unbranched alkanes of at least 4 members (excludes halogenated alkanes) is 27. The molecule has 62 heavy (non-hydrogen) atoms. The maximum Gasteiger partial charge on any atom is 0.472 e. The van der Waals surface area contributed by atoms with Gasteiger partial charge in [0, 0.05) is 25.5 Å². The third kappa shape index (κ3) is 27.1. The van der Waals surface area contributed by atoms with Crippen LogP contribution in [0, 0.1) is 0 Å². The molecule has 15 heteroatoms. The molecule has 0 aromatic carbocycles. The Hall–Kier alpha value is -1.51. The van der Waals surface area contributed by atoms with Crippen LogP contribution in [0.2, 0.25) is 0 Å². The third-order valence-electron chi connectivity index (χ3n) is 11.8. The van der Waals surface area contributed by atoms with Gasteiger partial charge >= 0.3 is 19.5 Å². The number of phosphoric ester groups is 1.